The molecule has 0 atom stereocenters. The van der Waals surface area contributed by atoms with Crippen LogP contribution in [0, 0.1) is 0 Å². The first-order valence-corrected chi connectivity index (χ1v) is 8.82. The van der Waals surface area contributed by atoms with E-state index in [0.29, 0.717) is 32.3 Å². The second-order valence-corrected chi connectivity index (χ2v) is 5.58. The van der Waals surface area contributed by atoms with Crippen LogP contribution < -0.4 is 11.1 Å². The molecule has 7 nitrogen and oxygen atoms in total. The summed E-state index contributed by atoms with van der Waals surface area (Å²) in [6, 6.07) is 0. The van der Waals surface area contributed by atoms with Gasteiger partial charge in [-0.25, -0.2) is 0 Å². The van der Waals surface area contributed by atoms with Crippen LogP contribution in [0.1, 0.15) is 26.2 Å². The molecule has 3 N–H and O–H groups in total. The molecule has 0 saturated carbocycles. The maximum atomic E-state index is 5.81. The fourth-order valence-electron chi connectivity index (χ4n) is 2.19. The van der Waals surface area contributed by atoms with E-state index in [1.165, 1.54) is 0 Å². The Hall–Kier alpha value is -0.890. The zero-order chi connectivity index (χ0) is 16.6. The zero-order valence-electron chi connectivity index (χ0n) is 14.6. The molecular weight excluding hydrogens is 296 g/mol. The molecule has 0 unspecified atom stereocenters. The van der Waals surface area contributed by atoms with Gasteiger partial charge in [-0.3, -0.25) is 9.89 Å². The Kier molecular flexibility index (Phi) is 12.9. The first kappa shape index (κ1) is 20.2. The summed E-state index contributed by atoms with van der Waals surface area (Å²) < 4.78 is 16.2. The minimum absolute atomic E-state index is 0.495. The van der Waals surface area contributed by atoms with Crippen molar-refractivity contribution < 1.29 is 14.2 Å². The van der Waals surface area contributed by atoms with Crippen molar-refractivity contribution in [1.29, 1.82) is 0 Å². The Labute approximate surface area is 140 Å². The first-order valence-electron chi connectivity index (χ1n) is 8.82. The van der Waals surface area contributed by atoms with Gasteiger partial charge in [-0.05, 0) is 12.8 Å². The molecule has 23 heavy (non-hydrogen) atoms. The fraction of sp³-hybridized carbons (Fsp3) is 0.938. The first-order chi connectivity index (χ1) is 11.3. The van der Waals surface area contributed by atoms with Crippen LogP contribution in [0.3, 0.4) is 0 Å². The number of unbranched alkanes of at least 4 members (excludes halogenated alkanes) is 1. The second kappa shape index (κ2) is 14.7. The van der Waals surface area contributed by atoms with E-state index in [-0.39, 0.29) is 0 Å². The Morgan fingerprint density at radius 3 is 2.61 bits per heavy atom. The summed E-state index contributed by atoms with van der Waals surface area (Å²) in [5.74, 6) is 0.495. The predicted molar refractivity (Wildman–Crippen MR) is 92.9 cm³/mol. The molecule has 0 aliphatic carbocycles. The normalized spacial score (nSPS) is 16.7. The minimum atomic E-state index is 0.495. The molecule has 136 valence electrons. The summed E-state index contributed by atoms with van der Waals surface area (Å²) in [6.45, 7) is 11.1. The van der Waals surface area contributed by atoms with Crippen LogP contribution >= 0.6 is 0 Å². The molecule has 0 spiro atoms. The highest BCUT2D eigenvalue weighted by molar-refractivity contribution is 5.77. The maximum Gasteiger partial charge on any atom is 0.188 e. The van der Waals surface area contributed by atoms with E-state index < -0.39 is 0 Å². The van der Waals surface area contributed by atoms with Crippen molar-refractivity contribution in [2.75, 3.05) is 72.4 Å². The largest absolute Gasteiger partial charge is 0.379 e. The number of hydrogen-bond acceptors (Lipinski definition) is 5. The van der Waals surface area contributed by atoms with Gasteiger partial charge in [0.15, 0.2) is 5.96 Å². The molecule has 1 aliphatic rings. The molecule has 0 amide bonds. The second-order valence-electron chi connectivity index (χ2n) is 5.58. The third-order valence-electron chi connectivity index (χ3n) is 3.59. The van der Waals surface area contributed by atoms with E-state index in [1.54, 1.807) is 0 Å². The summed E-state index contributed by atoms with van der Waals surface area (Å²) in [7, 11) is 0. The van der Waals surface area contributed by atoms with E-state index in [9.17, 15) is 0 Å². The molecule has 1 rings (SSSR count). The van der Waals surface area contributed by atoms with E-state index in [4.69, 9.17) is 19.9 Å². The highest BCUT2D eigenvalue weighted by Crippen LogP contribution is 1.97. The van der Waals surface area contributed by atoms with Crippen LogP contribution in [0.15, 0.2) is 4.99 Å². The Morgan fingerprint density at radius 1 is 1.13 bits per heavy atom. The van der Waals surface area contributed by atoms with E-state index in [0.717, 1.165) is 65.3 Å². The van der Waals surface area contributed by atoms with Crippen LogP contribution in [-0.2, 0) is 14.2 Å². The number of nitrogens with zero attached hydrogens (tertiary/aromatic N) is 2. The Morgan fingerprint density at radius 2 is 1.87 bits per heavy atom. The van der Waals surface area contributed by atoms with Crippen LogP contribution in [0.4, 0.5) is 0 Å². The number of morpholine rings is 1. The van der Waals surface area contributed by atoms with Crippen molar-refractivity contribution in [3.8, 4) is 0 Å². The molecule has 0 radical (unpaired) electrons. The number of aliphatic imine (C=N–C) groups is 1. The van der Waals surface area contributed by atoms with Crippen molar-refractivity contribution in [2.45, 2.75) is 26.2 Å². The zero-order valence-corrected chi connectivity index (χ0v) is 14.6. The predicted octanol–water partition coefficient (Wildman–Crippen LogP) is 0.446. The van der Waals surface area contributed by atoms with Crippen LogP contribution in [-0.4, -0.2) is 83.2 Å². The lowest BCUT2D eigenvalue weighted by molar-refractivity contribution is 0.0377. The molecule has 1 saturated heterocycles. The van der Waals surface area contributed by atoms with Gasteiger partial charge in [-0.15, -0.1) is 0 Å². The van der Waals surface area contributed by atoms with Gasteiger partial charge >= 0.3 is 0 Å². The fourth-order valence-corrected chi connectivity index (χ4v) is 2.19. The molecular formula is C16H34N4O3. The number of rotatable bonds is 13. The molecule has 7 heteroatoms. The molecule has 1 heterocycles. The van der Waals surface area contributed by atoms with E-state index in [1.807, 2.05) is 0 Å². The van der Waals surface area contributed by atoms with Crippen molar-refractivity contribution >= 4 is 5.96 Å². The van der Waals surface area contributed by atoms with Crippen LogP contribution in [0.2, 0.25) is 0 Å². The average molecular weight is 330 g/mol. The number of guanidine groups is 1. The van der Waals surface area contributed by atoms with Gasteiger partial charge in [0, 0.05) is 39.3 Å². The standard InChI is InChI=1S/C16H34N4O3/c1-2-3-10-21-14-15-22-11-6-19-16(17)18-5-4-7-20-8-12-23-13-9-20/h2-15H2,1H3,(H3,17,18,19). The third-order valence-corrected chi connectivity index (χ3v) is 3.59. The minimum Gasteiger partial charge on any atom is -0.379 e. The van der Waals surface area contributed by atoms with Gasteiger partial charge in [0.2, 0.25) is 0 Å². The lowest BCUT2D eigenvalue weighted by Gasteiger charge is -2.26. The lowest BCUT2D eigenvalue weighted by atomic mass is 10.3. The number of nitrogens with two attached hydrogens (primary N) is 1. The molecule has 0 aromatic heterocycles. The number of ether oxygens (including phenoxy) is 3. The van der Waals surface area contributed by atoms with Gasteiger partial charge in [0.1, 0.15) is 0 Å². The maximum absolute atomic E-state index is 5.81. The highest BCUT2D eigenvalue weighted by Gasteiger charge is 2.08. The van der Waals surface area contributed by atoms with Gasteiger partial charge in [0.05, 0.1) is 33.0 Å². The van der Waals surface area contributed by atoms with E-state index >= 15 is 0 Å². The van der Waals surface area contributed by atoms with Crippen molar-refractivity contribution in [3.63, 3.8) is 0 Å². The number of hydrogen-bond donors (Lipinski definition) is 2. The van der Waals surface area contributed by atoms with E-state index in [2.05, 4.69) is 22.1 Å². The van der Waals surface area contributed by atoms with Gasteiger partial charge in [-0.1, -0.05) is 13.3 Å². The summed E-state index contributed by atoms with van der Waals surface area (Å²) in [6.07, 6.45) is 3.30. The van der Waals surface area contributed by atoms with Gasteiger partial charge in [-0.2, -0.15) is 0 Å². The summed E-state index contributed by atoms with van der Waals surface area (Å²) in [5.41, 5.74) is 5.81. The monoisotopic (exact) mass is 330 g/mol. The summed E-state index contributed by atoms with van der Waals surface area (Å²) in [5, 5.41) is 3.06. The van der Waals surface area contributed by atoms with Crippen molar-refractivity contribution in [3.05, 3.63) is 0 Å². The molecule has 0 bridgehead atoms. The summed E-state index contributed by atoms with van der Waals surface area (Å²) in [4.78, 5) is 6.72. The Bertz CT molecular complexity index is 297. The summed E-state index contributed by atoms with van der Waals surface area (Å²) >= 11 is 0. The topological polar surface area (TPSA) is 81.3 Å². The molecule has 1 aliphatic heterocycles. The van der Waals surface area contributed by atoms with Crippen LogP contribution in [0.5, 0.6) is 0 Å². The molecule has 0 aromatic carbocycles. The lowest BCUT2D eigenvalue weighted by Crippen LogP contribution is -2.37. The molecule has 1 fully saturated rings. The smallest absolute Gasteiger partial charge is 0.188 e. The van der Waals surface area contributed by atoms with Crippen molar-refractivity contribution in [2.24, 2.45) is 10.7 Å². The average Bonchev–Trinajstić information content (AvgIpc) is 2.58. The number of nitrogens with one attached hydrogen (secondary N) is 1. The van der Waals surface area contributed by atoms with Crippen LogP contribution in [0.25, 0.3) is 0 Å². The third kappa shape index (κ3) is 12.2. The van der Waals surface area contributed by atoms with Gasteiger partial charge in [0.25, 0.3) is 0 Å². The molecule has 0 aromatic rings. The van der Waals surface area contributed by atoms with Gasteiger partial charge < -0.3 is 25.3 Å². The van der Waals surface area contributed by atoms with Crippen molar-refractivity contribution in [1.82, 2.24) is 10.2 Å². The quantitative estimate of drug-likeness (QED) is 0.290. The highest BCUT2D eigenvalue weighted by atomic mass is 16.5. The Balaban J connectivity index is 1.85. The SMILES string of the molecule is CCCCOCCOCCNC(N)=NCCCN1CCOCC1.